The van der Waals surface area contributed by atoms with Gasteiger partial charge in [0.15, 0.2) is 11.5 Å². The van der Waals surface area contributed by atoms with E-state index in [0.29, 0.717) is 30.2 Å². The van der Waals surface area contributed by atoms with E-state index in [1.165, 1.54) is 17.7 Å². The summed E-state index contributed by atoms with van der Waals surface area (Å²) in [4.78, 5) is 2.18. The van der Waals surface area contributed by atoms with Crippen LogP contribution in [0.2, 0.25) is 0 Å². The zero-order valence-corrected chi connectivity index (χ0v) is 18.9. The van der Waals surface area contributed by atoms with Gasteiger partial charge in [-0.25, -0.2) is 0 Å². The molecule has 0 aliphatic carbocycles. The lowest BCUT2D eigenvalue weighted by Crippen LogP contribution is -2.22. The number of halogens is 3. The van der Waals surface area contributed by atoms with Crippen LogP contribution in [0.1, 0.15) is 29.2 Å². The average Bonchev–Trinajstić information content (AvgIpc) is 2.81. The van der Waals surface area contributed by atoms with E-state index < -0.39 is 11.7 Å². The first-order valence-electron chi connectivity index (χ1n) is 10.6. The molecule has 0 bridgehead atoms. The molecule has 0 radical (unpaired) electrons. The third-order valence-corrected chi connectivity index (χ3v) is 5.31. The number of methoxy groups -OCH3 is 2. The van der Waals surface area contributed by atoms with Crippen LogP contribution in [0.3, 0.4) is 0 Å². The van der Waals surface area contributed by atoms with Crippen LogP contribution in [0.15, 0.2) is 72.8 Å². The number of nitrogens with zero attached hydrogens (tertiary/aromatic N) is 1. The second-order valence-corrected chi connectivity index (χ2v) is 7.76. The van der Waals surface area contributed by atoms with Crippen molar-refractivity contribution in [1.29, 1.82) is 0 Å². The number of alkyl halides is 3. The lowest BCUT2D eigenvalue weighted by molar-refractivity contribution is -0.137. The standard InChI is InChI=1S/C26H28F3NO3/c1-30(18-19-7-5-4-6-8-19)16-15-23(20-9-14-24(31-2)25(17-20)32-3)33-22-12-10-21(11-13-22)26(27,28)29/h4-14,17,23H,15-16,18H2,1-3H3. The predicted molar refractivity (Wildman–Crippen MR) is 122 cm³/mol. The van der Waals surface area contributed by atoms with Crippen LogP contribution in [0.5, 0.6) is 17.2 Å². The smallest absolute Gasteiger partial charge is 0.416 e. The van der Waals surface area contributed by atoms with Crippen LogP contribution < -0.4 is 14.2 Å². The fourth-order valence-corrected chi connectivity index (χ4v) is 3.55. The van der Waals surface area contributed by atoms with Crippen LogP contribution >= 0.6 is 0 Å². The summed E-state index contributed by atoms with van der Waals surface area (Å²) in [5.74, 6) is 1.53. The van der Waals surface area contributed by atoms with Crippen LogP contribution in [-0.2, 0) is 12.7 Å². The van der Waals surface area contributed by atoms with Crippen molar-refractivity contribution in [3.63, 3.8) is 0 Å². The molecule has 0 N–H and O–H groups in total. The summed E-state index contributed by atoms with van der Waals surface area (Å²) in [5.41, 5.74) is 1.34. The molecule has 0 saturated heterocycles. The number of hydrogen-bond donors (Lipinski definition) is 0. The summed E-state index contributed by atoms with van der Waals surface area (Å²) in [6.07, 6.45) is -4.15. The Kier molecular flexibility index (Phi) is 8.22. The summed E-state index contributed by atoms with van der Waals surface area (Å²) in [7, 11) is 5.14. The Labute approximate surface area is 192 Å². The Morgan fingerprint density at radius 1 is 0.848 bits per heavy atom. The van der Waals surface area contributed by atoms with Gasteiger partial charge in [0.2, 0.25) is 0 Å². The minimum absolute atomic E-state index is 0.369. The Morgan fingerprint density at radius 3 is 2.12 bits per heavy atom. The molecular formula is C26H28F3NO3. The second kappa shape index (κ2) is 11.1. The van der Waals surface area contributed by atoms with E-state index in [2.05, 4.69) is 17.0 Å². The van der Waals surface area contributed by atoms with Crippen LogP contribution in [-0.4, -0.2) is 32.7 Å². The maximum Gasteiger partial charge on any atom is 0.416 e. The van der Waals surface area contributed by atoms with E-state index in [1.54, 1.807) is 20.3 Å². The third kappa shape index (κ3) is 6.89. The zero-order valence-electron chi connectivity index (χ0n) is 18.9. The molecule has 0 aliphatic rings. The highest BCUT2D eigenvalue weighted by atomic mass is 19.4. The van der Waals surface area contributed by atoms with E-state index in [-0.39, 0.29) is 6.10 Å². The van der Waals surface area contributed by atoms with E-state index >= 15 is 0 Å². The number of hydrogen-bond acceptors (Lipinski definition) is 4. The van der Waals surface area contributed by atoms with Crippen molar-refractivity contribution in [2.24, 2.45) is 0 Å². The Hall–Kier alpha value is -3.19. The molecule has 1 unspecified atom stereocenters. The summed E-state index contributed by atoms with van der Waals surface area (Å²) in [5, 5.41) is 0. The fraction of sp³-hybridized carbons (Fsp3) is 0.308. The molecule has 33 heavy (non-hydrogen) atoms. The molecule has 0 heterocycles. The fourth-order valence-electron chi connectivity index (χ4n) is 3.55. The molecule has 0 spiro atoms. The lowest BCUT2D eigenvalue weighted by Gasteiger charge is -2.24. The normalized spacial score (nSPS) is 12.5. The van der Waals surface area contributed by atoms with E-state index in [4.69, 9.17) is 14.2 Å². The van der Waals surface area contributed by atoms with Gasteiger partial charge >= 0.3 is 6.18 Å². The molecule has 0 fully saturated rings. The van der Waals surface area contributed by atoms with Crippen molar-refractivity contribution in [2.75, 3.05) is 27.8 Å². The largest absolute Gasteiger partial charge is 0.493 e. The first kappa shape index (κ1) is 24.5. The van der Waals surface area contributed by atoms with Crippen molar-refractivity contribution in [3.05, 3.63) is 89.5 Å². The summed E-state index contributed by atoms with van der Waals surface area (Å²) >= 11 is 0. The van der Waals surface area contributed by atoms with Gasteiger partial charge in [0.05, 0.1) is 19.8 Å². The first-order chi connectivity index (χ1) is 15.8. The van der Waals surface area contributed by atoms with E-state index in [0.717, 1.165) is 24.2 Å². The van der Waals surface area contributed by atoms with Gasteiger partial charge in [-0.1, -0.05) is 36.4 Å². The molecule has 3 rings (SSSR count). The van der Waals surface area contributed by atoms with Gasteiger partial charge in [0.25, 0.3) is 0 Å². The summed E-state index contributed by atoms with van der Waals surface area (Å²) in [6, 6.07) is 20.4. The van der Waals surface area contributed by atoms with Gasteiger partial charge in [-0.3, -0.25) is 0 Å². The van der Waals surface area contributed by atoms with Crippen LogP contribution in [0.25, 0.3) is 0 Å². The van der Waals surface area contributed by atoms with E-state index in [9.17, 15) is 13.2 Å². The average molecular weight is 460 g/mol. The lowest BCUT2D eigenvalue weighted by atomic mass is 10.0. The predicted octanol–water partition coefficient (Wildman–Crippen LogP) is 6.36. The molecule has 3 aromatic rings. The molecule has 1 atom stereocenters. The highest BCUT2D eigenvalue weighted by Crippen LogP contribution is 2.35. The molecule has 176 valence electrons. The van der Waals surface area contributed by atoms with Crippen molar-refractivity contribution >= 4 is 0 Å². The molecule has 4 nitrogen and oxygen atoms in total. The topological polar surface area (TPSA) is 30.9 Å². The first-order valence-corrected chi connectivity index (χ1v) is 10.6. The summed E-state index contributed by atoms with van der Waals surface area (Å²) < 4.78 is 55.6. The van der Waals surface area contributed by atoms with Crippen molar-refractivity contribution in [1.82, 2.24) is 4.90 Å². The Balaban J connectivity index is 1.78. The summed E-state index contributed by atoms with van der Waals surface area (Å²) in [6.45, 7) is 1.49. The molecule has 7 heteroatoms. The van der Waals surface area contributed by atoms with Crippen molar-refractivity contribution < 1.29 is 27.4 Å². The zero-order chi connectivity index (χ0) is 23.8. The van der Waals surface area contributed by atoms with Crippen molar-refractivity contribution in [3.8, 4) is 17.2 Å². The van der Waals surface area contributed by atoms with Gasteiger partial charge in [0, 0.05) is 19.5 Å². The minimum atomic E-state index is -4.39. The van der Waals surface area contributed by atoms with Crippen LogP contribution in [0, 0.1) is 0 Å². The molecule has 0 amide bonds. The SMILES string of the molecule is COc1ccc(C(CCN(C)Cc2ccccc2)Oc2ccc(C(F)(F)F)cc2)cc1OC. The molecule has 3 aromatic carbocycles. The second-order valence-electron chi connectivity index (χ2n) is 7.76. The number of rotatable bonds is 10. The molecule has 0 saturated carbocycles. The molecular weight excluding hydrogens is 431 g/mol. The molecule has 0 aliphatic heterocycles. The van der Waals surface area contributed by atoms with E-state index in [1.807, 2.05) is 37.4 Å². The van der Waals surface area contributed by atoms with Gasteiger partial charge in [0.1, 0.15) is 11.9 Å². The monoisotopic (exact) mass is 459 g/mol. The van der Waals surface area contributed by atoms with Gasteiger partial charge in [-0.05, 0) is 54.6 Å². The van der Waals surface area contributed by atoms with Gasteiger partial charge in [-0.15, -0.1) is 0 Å². The van der Waals surface area contributed by atoms with Crippen LogP contribution in [0.4, 0.5) is 13.2 Å². The molecule has 0 aromatic heterocycles. The Bertz CT molecular complexity index is 1010. The maximum absolute atomic E-state index is 12.9. The maximum atomic E-state index is 12.9. The van der Waals surface area contributed by atoms with Gasteiger partial charge < -0.3 is 19.1 Å². The Morgan fingerprint density at radius 2 is 1.52 bits per heavy atom. The highest BCUT2D eigenvalue weighted by Gasteiger charge is 2.30. The third-order valence-electron chi connectivity index (χ3n) is 5.31. The highest BCUT2D eigenvalue weighted by molar-refractivity contribution is 5.44. The number of benzene rings is 3. The van der Waals surface area contributed by atoms with Gasteiger partial charge in [-0.2, -0.15) is 13.2 Å². The minimum Gasteiger partial charge on any atom is -0.493 e. The number of ether oxygens (including phenoxy) is 3. The quantitative estimate of drug-likeness (QED) is 0.353. The van der Waals surface area contributed by atoms with Crippen molar-refractivity contribution in [2.45, 2.75) is 25.2 Å².